The number of unbranched alkanes of at least 4 members (excludes halogenated alkanes) is 9. The van der Waals surface area contributed by atoms with Gasteiger partial charge in [0.1, 0.15) is 23.4 Å². The van der Waals surface area contributed by atoms with E-state index in [-0.39, 0.29) is 29.2 Å². The number of hydrogen-bond acceptors (Lipinski definition) is 7. The number of anilines is 1. The van der Waals surface area contributed by atoms with Gasteiger partial charge in [-0.05, 0) is 56.4 Å². The van der Waals surface area contributed by atoms with E-state index in [4.69, 9.17) is 19.9 Å². The standard InChI is InChI=1S/C36H55NO6/c1-8-9-10-11-12-13-14-15-16-17-18-27(23-30-29(35(39)40)20-21-32(37)34(30)41-25(2)3)43-28-19-22-33(42-26(4)38)31(24-28)36(5,6)7/h19-22,24-25,27H,8-18,23,37H2,1-7H3,(H,39,40)/p-1. The number of nitrogens with two attached hydrogens (primary N) is 1. The molecule has 0 aliphatic rings. The third-order valence-corrected chi connectivity index (χ3v) is 7.49. The molecule has 7 heteroatoms. The molecule has 0 bridgehead atoms. The van der Waals surface area contributed by atoms with Crippen LogP contribution in [0.4, 0.5) is 5.69 Å². The first-order valence-electron chi connectivity index (χ1n) is 16.1. The van der Waals surface area contributed by atoms with Gasteiger partial charge in [-0.25, -0.2) is 0 Å². The smallest absolute Gasteiger partial charge is 0.308 e. The predicted octanol–water partition coefficient (Wildman–Crippen LogP) is 7.94. The van der Waals surface area contributed by atoms with Gasteiger partial charge in [-0.3, -0.25) is 4.79 Å². The summed E-state index contributed by atoms with van der Waals surface area (Å²) in [6.45, 7) is 13.5. The minimum atomic E-state index is -1.28. The lowest BCUT2D eigenvalue weighted by atomic mass is 9.86. The summed E-state index contributed by atoms with van der Waals surface area (Å²) in [5.74, 6) is -0.160. The van der Waals surface area contributed by atoms with E-state index in [1.807, 2.05) is 19.9 Å². The summed E-state index contributed by atoms with van der Waals surface area (Å²) in [4.78, 5) is 23.9. The van der Waals surface area contributed by atoms with Crippen molar-refractivity contribution in [2.45, 2.75) is 143 Å². The van der Waals surface area contributed by atoms with Crippen molar-refractivity contribution in [3.63, 3.8) is 0 Å². The molecule has 0 fully saturated rings. The second-order valence-electron chi connectivity index (χ2n) is 12.9. The van der Waals surface area contributed by atoms with E-state index >= 15 is 0 Å². The van der Waals surface area contributed by atoms with E-state index in [0.717, 1.165) is 31.2 Å². The van der Waals surface area contributed by atoms with Crippen LogP contribution in [0.1, 0.15) is 141 Å². The zero-order valence-electron chi connectivity index (χ0n) is 27.6. The normalized spacial score (nSPS) is 12.3. The Kier molecular flexibility index (Phi) is 14.9. The summed E-state index contributed by atoms with van der Waals surface area (Å²) in [6, 6.07) is 8.50. The van der Waals surface area contributed by atoms with Crippen LogP contribution in [-0.2, 0) is 16.6 Å². The fraction of sp³-hybridized carbons (Fsp3) is 0.611. The minimum Gasteiger partial charge on any atom is -0.545 e. The molecule has 43 heavy (non-hydrogen) atoms. The van der Waals surface area contributed by atoms with Crippen LogP contribution in [0.15, 0.2) is 30.3 Å². The van der Waals surface area contributed by atoms with Crippen LogP contribution in [-0.4, -0.2) is 24.1 Å². The van der Waals surface area contributed by atoms with Gasteiger partial charge in [0, 0.05) is 30.0 Å². The predicted molar refractivity (Wildman–Crippen MR) is 172 cm³/mol. The van der Waals surface area contributed by atoms with E-state index in [1.165, 1.54) is 57.9 Å². The Morgan fingerprint density at radius 2 is 1.49 bits per heavy atom. The maximum Gasteiger partial charge on any atom is 0.308 e. The number of esters is 1. The molecule has 0 spiro atoms. The topological polar surface area (TPSA) is 111 Å². The van der Waals surface area contributed by atoms with Crippen LogP contribution < -0.4 is 25.1 Å². The number of carboxylic acids is 1. The zero-order chi connectivity index (χ0) is 32.0. The van der Waals surface area contributed by atoms with Gasteiger partial charge in [-0.2, -0.15) is 0 Å². The highest BCUT2D eigenvalue weighted by Gasteiger charge is 2.24. The van der Waals surface area contributed by atoms with Crippen molar-refractivity contribution in [2.75, 3.05) is 5.73 Å². The van der Waals surface area contributed by atoms with Crippen LogP contribution in [0.25, 0.3) is 0 Å². The van der Waals surface area contributed by atoms with Crippen molar-refractivity contribution in [3.8, 4) is 17.2 Å². The summed E-state index contributed by atoms with van der Waals surface area (Å²) in [6.07, 6.45) is 12.7. The quantitative estimate of drug-likeness (QED) is 0.0758. The number of rotatable bonds is 19. The first kappa shape index (κ1) is 36.0. The molecule has 1 unspecified atom stereocenters. The van der Waals surface area contributed by atoms with Gasteiger partial charge in [0.05, 0.1) is 17.8 Å². The Balaban J connectivity index is 2.30. The Labute approximate surface area is 259 Å². The summed E-state index contributed by atoms with van der Waals surface area (Å²) in [7, 11) is 0. The summed E-state index contributed by atoms with van der Waals surface area (Å²) in [5.41, 5.74) is 7.75. The van der Waals surface area contributed by atoms with Crippen molar-refractivity contribution in [1.82, 2.24) is 0 Å². The summed E-state index contributed by atoms with van der Waals surface area (Å²) >= 11 is 0. The molecule has 240 valence electrons. The molecule has 0 radical (unpaired) electrons. The van der Waals surface area contributed by atoms with Gasteiger partial charge >= 0.3 is 5.97 Å². The van der Waals surface area contributed by atoms with Crippen molar-refractivity contribution in [1.29, 1.82) is 0 Å². The van der Waals surface area contributed by atoms with E-state index in [0.29, 0.717) is 34.9 Å². The first-order chi connectivity index (χ1) is 20.3. The van der Waals surface area contributed by atoms with Crippen LogP contribution in [0.2, 0.25) is 0 Å². The highest BCUT2D eigenvalue weighted by atomic mass is 16.5. The second-order valence-corrected chi connectivity index (χ2v) is 12.9. The minimum absolute atomic E-state index is 0.0575. The van der Waals surface area contributed by atoms with Gasteiger partial charge < -0.3 is 29.8 Å². The summed E-state index contributed by atoms with van der Waals surface area (Å²) in [5, 5.41) is 12.1. The maximum absolute atomic E-state index is 12.1. The van der Waals surface area contributed by atoms with E-state index in [1.54, 1.807) is 18.2 Å². The Hall–Kier alpha value is -3.22. The van der Waals surface area contributed by atoms with Gasteiger partial charge in [0.2, 0.25) is 0 Å². The molecule has 0 amide bonds. The SMILES string of the molecule is CCCCCCCCCCCCC(Cc1c(C(=O)[O-])ccc(N)c1OC(C)C)Oc1ccc(OC(C)=O)c(C(C)(C)C)c1. The highest BCUT2D eigenvalue weighted by molar-refractivity contribution is 5.90. The first-order valence-corrected chi connectivity index (χ1v) is 16.1. The largest absolute Gasteiger partial charge is 0.545 e. The van der Waals surface area contributed by atoms with Crippen molar-refractivity contribution >= 4 is 17.6 Å². The van der Waals surface area contributed by atoms with Gasteiger partial charge in [0.15, 0.2) is 0 Å². The van der Waals surface area contributed by atoms with Gasteiger partial charge in [-0.1, -0.05) is 91.5 Å². The molecule has 7 nitrogen and oxygen atoms in total. The van der Waals surface area contributed by atoms with E-state index in [2.05, 4.69) is 27.7 Å². The maximum atomic E-state index is 12.1. The van der Waals surface area contributed by atoms with Crippen LogP contribution in [0.3, 0.4) is 0 Å². The molecule has 0 saturated heterocycles. The number of benzene rings is 2. The second kappa shape index (κ2) is 17.8. The number of hydrogen-bond donors (Lipinski definition) is 1. The monoisotopic (exact) mass is 596 g/mol. The number of carbonyl (C=O) groups excluding carboxylic acids is 2. The fourth-order valence-electron chi connectivity index (χ4n) is 5.31. The molecular weight excluding hydrogens is 542 g/mol. The van der Waals surface area contributed by atoms with Crippen LogP contribution in [0.5, 0.6) is 17.2 Å². The van der Waals surface area contributed by atoms with Gasteiger partial charge in [-0.15, -0.1) is 0 Å². The van der Waals surface area contributed by atoms with Crippen LogP contribution >= 0.6 is 0 Å². The number of carbonyl (C=O) groups is 2. The molecule has 0 aromatic heterocycles. The molecule has 0 aliphatic carbocycles. The summed E-state index contributed by atoms with van der Waals surface area (Å²) < 4.78 is 18.1. The molecule has 0 heterocycles. The third kappa shape index (κ3) is 12.5. The van der Waals surface area contributed by atoms with Crippen molar-refractivity contribution < 1.29 is 28.9 Å². The Morgan fingerprint density at radius 3 is 2.02 bits per heavy atom. The molecule has 2 aromatic rings. The van der Waals surface area contributed by atoms with Gasteiger partial charge in [0.25, 0.3) is 0 Å². The van der Waals surface area contributed by atoms with Crippen molar-refractivity contribution in [2.24, 2.45) is 0 Å². The number of aromatic carboxylic acids is 1. The molecule has 2 N–H and O–H groups in total. The highest BCUT2D eigenvalue weighted by Crippen LogP contribution is 2.37. The number of nitrogen functional groups attached to an aromatic ring is 1. The lowest BCUT2D eigenvalue weighted by Gasteiger charge is -2.26. The lowest BCUT2D eigenvalue weighted by molar-refractivity contribution is -0.255. The lowest BCUT2D eigenvalue weighted by Crippen LogP contribution is -2.28. The molecule has 1 atom stereocenters. The third-order valence-electron chi connectivity index (χ3n) is 7.49. The van der Waals surface area contributed by atoms with Crippen molar-refractivity contribution in [3.05, 3.63) is 47.0 Å². The van der Waals surface area contributed by atoms with E-state index < -0.39 is 5.97 Å². The molecular formula is C36H54NO6-. The Bertz CT molecular complexity index is 1170. The zero-order valence-corrected chi connectivity index (χ0v) is 27.6. The average molecular weight is 597 g/mol. The molecule has 2 rings (SSSR count). The average Bonchev–Trinajstić information content (AvgIpc) is 2.91. The van der Waals surface area contributed by atoms with Crippen LogP contribution in [0, 0.1) is 0 Å². The number of ether oxygens (including phenoxy) is 3. The Morgan fingerprint density at radius 1 is 0.884 bits per heavy atom. The molecule has 2 aromatic carbocycles. The molecule has 0 aliphatic heterocycles. The molecule has 0 saturated carbocycles. The van der Waals surface area contributed by atoms with E-state index in [9.17, 15) is 14.7 Å². The number of carboxylic acid groups (broad SMARTS) is 1. The fourth-order valence-corrected chi connectivity index (χ4v) is 5.31.